The first-order valence-electron chi connectivity index (χ1n) is 7.30. The van der Waals surface area contributed by atoms with Gasteiger partial charge in [-0.1, -0.05) is 12.1 Å². The van der Waals surface area contributed by atoms with E-state index in [0.717, 1.165) is 11.3 Å². The molecule has 0 bridgehead atoms. The Bertz CT molecular complexity index is 802. The number of benzene rings is 1. The number of esters is 1. The van der Waals surface area contributed by atoms with Crippen molar-refractivity contribution in [3.8, 4) is 11.1 Å². The number of carbonyl (C=O) groups excluding carboxylic acids is 2. The van der Waals surface area contributed by atoms with Crippen molar-refractivity contribution in [2.24, 2.45) is 0 Å². The molecule has 132 valence electrons. The number of ether oxygens (including phenoxy) is 2. The third-order valence-electron chi connectivity index (χ3n) is 3.17. The van der Waals surface area contributed by atoms with Crippen molar-refractivity contribution in [1.29, 1.82) is 0 Å². The number of thiophene rings is 1. The lowest BCUT2D eigenvalue weighted by atomic mass is 10.0. The number of nitro groups is 1. The number of rotatable bonds is 7. The Kier molecular flexibility index (Phi) is 6.20. The van der Waals surface area contributed by atoms with E-state index in [0.29, 0.717) is 16.1 Å². The number of nitrogens with zero attached hydrogens (tertiary/aromatic N) is 1. The van der Waals surface area contributed by atoms with Crippen LogP contribution in [0.25, 0.3) is 11.1 Å². The Morgan fingerprint density at radius 2 is 2.12 bits per heavy atom. The highest BCUT2D eigenvalue weighted by molar-refractivity contribution is 7.15. The fourth-order valence-corrected chi connectivity index (χ4v) is 3.12. The lowest BCUT2D eigenvalue weighted by Crippen LogP contribution is -2.18. The van der Waals surface area contributed by atoms with Gasteiger partial charge in [0.1, 0.15) is 17.2 Å². The number of nitro benzene ring substituents is 1. The molecule has 0 radical (unpaired) electrons. The molecule has 0 saturated carbocycles. The maximum Gasteiger partial charge on any atom is 0.341 e. The molecule has 25 heavy (non-hydrogen) atoms. The maximum atomic E-state index is 12.3. The summed E-state index contributed by atoms with van der Waals surface area (Å²) in [6.07, 6.45) is 0. The monoisotopic (exact) mass is 364 g/mol. The summed E-state index contributed by atoms with van der Waals surface area (Å²) in [6, 6.07) is 5.91. The Hall–Kier alpha value is -2.78. The number of hydrogen-bond donors (Lipinski definition) is 1. The molecule has 0 aliphatic rings. The molecule has 0 aliphatic carbocycles. The number of nitrogens with one attached hydrogen (secondary N) is 1. The minimum absolute atomic E-state index is 0.0940. The van der Waals surface area contributed by atoms with Gasteiger partial charge in [0.15, 0.2) is 0 Å². The van der Waals surface area contributed by atoms with Gasteiger partial charge in [0.05, 0.1) is 11.5 Å². The van der Waals surface area contributed by atoms with Crippen molar-refractivity contribution in [1.82, 2.24) is 0 Å². The molecule has 1 aromatic carbocycles. The van der Waals surface area contributed by atoms with E-state index < -0.39 is 16.8 Å². The minimum atomic E-state index is -0.613. The van der Waals surface area contributed by atoms with Crippen molar-refractivity contribution in [3.63, 3.8) is 0 Å². The van der Waals surface area contributed by atoms with Crippen LogP contribution in [0, 0.1) is 10.1 Å². The van der Waals surface area contributed by atoms with Crippen LogP contribution in [0.4, 0.5) is 10.7 Å². The summed E-state index contributed by atoms with van der Waals surface area (Å²) in [5.41, 5.74) is 1.01. The summed E-state index contributed by atoms with van der Waals surface area (Å²) in [5.74, 6) is -1.03. The summed E-state index contributed by atoms with van der Waals surface area (Å²) in [6.45, 7) is 1.67. The van der Waals surface area contributed by atoms with Crippen LogP contribution in [-0.4, -0.2) is 37.1 Å². The zero-order chi connectivity index (χ0) is 18.4. The van der Waals surface area contributed by atoms with Gasteiger partial charge in [0, 0.05) is 30.2 Å². The van der Waals surface area contributed by atoms with Gasteiger partial charge in [-0.3, -0.25) is 14.9 Å². The predicted molar refractivity (Wildman–Crippen MR) is 92.9 cm³/mol. The van der Waals surface area contributed by atoms with Gasteiger partial charge < -0.3 is 14.8 Å². The van der Waals surface area contributed by atoms with E-state index in [1.165, 1.54) is 25.3 Å². The van der Waals surface area contributed by atoms with Crippen LogP contribution in [0.1, 0.15) is 17.3 Å². The molecule has 1 amide bonds. The van der Waals surface area contributed by atoms with E-state index in [4.69, 9.17) is 9.47 Å². The van der Waals surface area contributed by atoms with E-state index >= 15 is 0 Å². The van der Waals surface area contributed by atoms with Crippen LogP contribution in [-0.2, 0) is 14.3 Å². The number of hydrogen-bond acceptors (Lipinski definition) is 7. The van der Waals surface area contributed by atoms with Crippen LogP contribution >= 0.6 is 11.3 Å². The third kappa shape index (κ3) is 4.40. The Labute approximate surface area is 147 Å². The first-order valence-corrected chi connectivity index (χ1v) is 8.18. The quantitative estimate of drug-likeness (QED) is 0.459. The van der Waals surface area contributed by atoms with E-state index in [-0.39, 0.29) is 24.5 Å². The lowest BCUT2D eigenvalue weighted by Gasteiger charge is -2.08. The van der Waals surface area contributed by atoms with Crippen LogP contribution in [0.5, 0.6) is 0 Å². The van der Waals surface area contributed by atoms with Crippen molar-refractivity contribution in [3.05, 3.63) is 45.3 Å². The van der Waals surface area contributed by atoms with E-state index in [2.05, 4.69) is 5.32 Å². The number of non-ortho nitro benzene ring substituents is 1. The van der Waals surface area contributed by atoms with Gasteiger partial charge in [0.2, 0.25) is 0 Å². The summed E-state index contributed by atoms with van der Waals surface area (Å²) >= 11 is 1.14. The molecule has 1 aromatic heterocycles. The average Bonchev–Trinajstić information content (AvgIpc) is 2.99. The Morgan fingerprint density at radius 1 is 1.36 bits per heavy atom. The Morgan fingerprint density at radius 3 is 2.76 bits per heavy atom. The number of carbonyl (C=O) groups is 2. The molecule has 1 heterocycles. The van der Waals surface area contributed by atoms with Crippen LogP contribution < -0.4 is 5.32 Å². The standard InChI is InChI=1S/C16H16N2O6S/c1-3-24-16(20)14-12(9-25-15(14)17-13(19)8-23-2)10-5-4-6-11(7-10)18(21)22/h4-7,9H,3,8H2,1-2H3,(H,17,19). The van der Waals surface area contributed by atoms with Crippen molar-refractivity contribution in [2.75, 3.05) is 25.6 Å². The smallest absolute Gasteiger partial charge is 0.341 e. The predicted octanol–water partition coefficient (Wildman–Crippen LogP) is 3.08. The average molecular weight is 364 g/mol. The molecule has 9 heteroatoms. The number of amides is 1. The zero-order valence-corrected chi connectivity index (χ0v) is 14.4. The van der Waals surface area contributed by atoms with E-state index in [1.807, 2.05) is 0 Å². The highest BCUT2D eigenvalue weighted by Gasteiger charge is 2.23. The van der Waals surface area contributed by atoms with Gasteiger partial charge in [0.25, 0.3) is 11.6 Å². The van der Waals surface area contributed by atoms with E-state index in [1.54, 1.807) is 18.4 Å². The molecule has 0 spiro atoms. The van der Waals surface area contributed by atoms with Crippen molar-refractivity contribution >= 4 is 33.9 Å². The largest absolute Gasteiger partial charge is 0.462 e. The first-order chi connectivity index (χ1) is 12.0. The molecule has 8 nitrogen and oxygen atoms in total. The summed E-state index contributed by atoms with van der Waals surface area (Å²) < 4.78 is 9.82. The van der Waals surface area contributed by atoms with Gasteiger partial charge >= 0.3 is 5.97 Å². The second-order valence-corrected chi connectivity index (χ2v) is 5.74. The number of methoxy groups -OCH3 is 1. The highest BCUT2D eigenvalue weighted by atomic mass is 32.1. The summed E-state index contributed by atoms with van der Waals surface area (Å²) in [5, 5.41) is 15.5. The van der Waals surface area contributed by atoms with Crippen LogP contribution in [0.3, 0.4) is 0 Å². The lowest BCUT2D eigenvalue weighted by molar-refractivity contribution is -0.384. The maximum absolute atomic E-state index is 12.3. The zero-order valence-electron chi connectivity index (χ0n) is 13.6. The SMILES string of the molecule is CCOC(=O)c1c(-c2cccc([N+](=O)[O-])c2)csc1NC(=O)COC. The van der Waals surface area contributed by atoms with Gasteiger partial charge in [-0.15, -0.1) is 11.3 Å². The number of anilines is 1. The normalized spacial score (nSPS) is 10.3. The van der Waals surface area contributed by atoms with E-state index in [9.17, 15) is 19.7 Å². The molecule has 1 N–H and O–H groups in total. The first kappa shape index (κ1) is 18.6. The molecule has 2 aromatic rings. The molecule has 0 atom stereocenters. The molecule has 0 saturated heterocycles. The van der Waals surface area contributed by atoms with Crippen LogP contribution in [0.15, 0.2) is 29.6 Å². The molecular weight excluding hydrogens is 348 g/mol. The molecular formula is C16H16N2O6S. The van der Waals surface area contributed by atoms with Gasteiger partial charge in [-0.05, 0) is 12.5 Å². The molecule has 0 fully saturated rings. The third-order valence-corrected chi connectivity index (χ3v) is 4.06. The summed E-state index contributed by atoms with van der Waals surface area (Å²) in [4.78, 5) is 34.6. The second-order valence-electron chi connectivity index (χ2n) is 4.86. The van der Waals surface area contributed by atoms with Crippen LogP contribution in [0.2, 0.25) is 0 Å². The van der Waals surface area contributed by atoms with Crippen molar-refractivity contribution in [2.45, 2.75) is 6.92 Å². The second kappa shape index (κ2) is 8.36. The summed E-state index contributed by atoms with van der Waals surface area (Å²) in [7, 11) is 1.38. The molecule has 0 aliphatic heterocycles. The Balaban J connectivity index is 2.49. The van der Waals surface area contributed by atoms with Crippen molar-refractivity contribution < 1.29 is 24.0 Å². The topological polar surface area (TPSA) is 108 Å². The highest BCUT2D eigenvalue weighted by Crippen LogP contribution is 2.37. The van der Waals surface area contributed by atoms with Gasteiger partial charge in [-0.25, -0.2) is 4.79 Å². The minimum Gasteiger partial charge on any atom is -0.462 e. The fourth-order valence-electron chi connectivity index (χ4n) is 2.15. The fraction of sp³-hybridized carbons (Fsp3) is 0.250. The molecule has 2 rings (SSSR count). The van der Waals surface area contributed by atoms with Gasteiger partial charge in [-0.2, -0.15) is 0 Å². The molecule has 0 unspecified atom stereocenters.